The number of ketones is 1. The van der Waals surface area contributed by atoms with Crippen molar-refractivity contribution >= 4 is 49.2 Å². The second-order valence-electron chi connectivity index (χ2n) is 4.11. The Hall–Kier alpha value is -1.04. The van der Waals surface area contributed by atoms with Crippen molar-refractivity contribution in [2.75, 3.05) is 13.7 Å². The molecule has 21 heavy (non-hydrogen) atoms. The van der Waals surface area contributed by atoms with Gasteiger partial charge in [0.1, 0.15) is 11.5 Å². The fourth-order valence-corrected chi connectivity index (χ4v) is 3.17. The molecule has 0 aromatic heterocycles. The molecule has 0 saturated carbocycles. The lowest BCUT2D eigenvalue weighted by Crippen LogP contribution is -2.12. The third-order valence-corrected chi connectivity index (χ3v) is 4.28. The van der Waals surface area contributed by atoms with Crippen LogP contribution < -0.4 is 9.47 Å². The first-order valence-electron chi connectivity index (χ1n) is 5.96. The van der Waals surface area contributed by atoms with Crippen LogP contribution in [-0.4, -0.2) is 19.5 Å². The number of ether oxygens (including phenoxy) is 2. The highest BCUT2D eigenvalue weighted by atomic mass is 79.9. The van der Waals surface area contributed by atoms with Gasteiger partial charge >= 0.3 is 0 Å². The Kier molecular flexibility index (Phi) is 5.67. The molecule has 0 spiro atoms. The van der Waals surface area contributed by atoms with Crippen molar-refractivity contribution in [2.45, 2.75) is 0 Å². The number of hydrogen-bond acceptors (Lipinski definition) is 3. The molecule has 0 aliphatic rings. The second-order valence-corrected chi connectivity index (χ2v) is 6.23. The highest BCUT2D eigenvalue weighted by Crippen LogP contribution is 2.33. The van der Waals surface area contributed by atoms with E-state index >= 15 is 0 Å². The van der Waals surface area contributed by atoms with Gasteiger partial charge in [0.15, 0.2) is 12.4 Å². The van der Waals surface area contributed by atoms with E-state index in [0.29, 0.717) is 22.1 Å². The Morgan fingerprint density at radius 3 is 2.43 bits per heavy atom. The van der Waals surface area contributed by atoms with Crippen LogP contribution in [0, 0.1) is 0 Å². The van der Waals surface area contributed by atoms with Gasteiger partial charge in [0.2, 0.25) is 0 Å². The quantitative estimate of drug-likeness (QED) is 0.612. The summed E-state index contributed by atoms with van der Waals surface area (Å²) in [6, 6.07) is 10.4. The van der Waals surface area contributed by atoms with Gasteiger partial charge in [0.25, 0.3) is 0 Å². The van der Waals surface area contributed by atoms with E-state index in [4.69, 9.17) is 21.1 Å². The number of carbonyl (C=O) groups is 1. The SMILES string of the molecule is COc1ccc(C(=O)COc2c(Br)cccc2Br)cc1Cl. The summed E-state index contributed by atoms with van der Waals surface area (Å²) in [5, 5.41) is 0.394. The molecule has 0 N–H and O–H groups in total. The molecule has 2 aromatic rings. The van der Waals surface area contributed by atoms with Gasteiger partial charge in [-0.15, -0.1) is 0 Å². The number of para-hydroxylation sites is 1. The van der Waals surface area contributed by atoms with E-state index in [1.165, 1.54) is 7.11 Å². The highest BCUT2D eigenvalue weighted by molar-refractivity contribution is 9.11. The van der Waals surface area contributed by atoms with E-state index in [-0.39, 0.29) is 12.4 Å². The second kappa shape index (κ2) is 7.29. The summed E-state index contributed by atoms with van der Waals surface area (Å²) in [6.45, 7) is -0.0795. The number of halogens is 3. The number of benzene rings is 2. The lowest BCUT2D eigenvalue weighted by molar-refractivity contribution is 0.0920. The van der Waals surface area contributed by atoms with Crippen molar-refractivity contribution in [3.63, 3.8) is 0 Å². The number of carbonyl (C=O) groups excluding carboxylic acids is 1. The molecule has 0 unspecified atom stereocenters. The highest BCUT2D eigenvalue weighted by Gasteiger charge is 2.12. The topological polar surface area (TPSA) is 35.5 Å². The zero-order valence-corrected chi connectivity index (χ0v) is 15.0. The van der Waals surface area contributed by atoms with Crippen LogP contribution in [0.15, 0.2) is 45.3 Å². The predicted octanol–water partition coefficient (Wildman–Crippen LogP) is 5.14. The lowest BCUT2D eigenvalue weighted by atomic mass is 10.1. The molecule has 0 saturated heterocycles. The summed E-state index contributed by atoms with van der Waals surface area (Å²) in [7, 11) is 1.52. The van der Waals surface area contributed by atoms with Crippen LogP contribution in [0.2, 0.25) is 5.02 Å². The average Bonchev–Trinajstić information content (AvgIpc) is 2.46. The number of rotatable bonds is 5. The van der Waals surface area contributed by atoms with Crippen molar-refractivity contribution in [1.29, 1.82) is 0 Å². The summed E-state index contributed by atoms with van der Waals surface area (Å²) in [4.78, 5) is 12.1. The maximum Gasteiger partial charge on any atom is 0.200 e. The molecule has 2 rings (SSSR count). The van der Waals surface area contributed by atoms with Crippen LogP contribution in [-0.2, 0) is 0 Å². The van der Waals surface area contributed by atoms with Gasteiger partial charge < -0.3 is 9.47 Å². The monoisotopic (exact) mass is 432 g/mol. The summed E-state index contributed by atoms with van der Waals surface area (Å²) < 4.78 is 12.2. The number of Topliss-reactive ketones (excluding diaryl/α,β-unsaturated/α-hetero) is 1. The van der Waals surface area contributed by atoms with Gasteiger partial charge in [-0.2, -0.15) is 0 Å². The summed E-state index contributed by atoms with van der Waals surface area (Å²) in [5.74, 6) is 0.954. The molecule has 110 valence electrons. The Bertz CT molecular complexity index is 654. The molecular formula is C15H11Br2ClO3. The molecule has 0 atom stereocenters. The predicted molar refractivity (Wildman–Crippen MR) is 89.7 cm³/mol. The third-order valence-electron chi connectivity index (χ3n) is 2.74. The Morgan fingerprint density at radius 1 is 1.19 bits per heavy atom. The van der Waals surface area contributed by atoms with Crippen molar-refractivity contribution in [3.05, 3.63) is 55.9 Å². The van der Waals surface area contributed by atoms with E-state index in [9.17, 15) is 4.79 Å². The van der Waals surface area contributed by atoms with Gasteiger partial charge in [-0.25, -0.2) is 0 Å². The number of methoxy groups -OCH3 is 1. The van der Waals surface area contributed by atoms with Crippen molar-refractivity contribution in [3.8, 4) is 11.5 Å². The zero-order chi connectivity index (χ0) is 15.4. The molecule has 0 heterocycles. The standard InChI is InChI=1S/C15H11Br2ClO3/c1-20-14-6-5-9(7-12(14)18)13(19)8-21-15-10(16)3-2-4-11(15)17/h2-7H,8H2,1H3. The molecule has 0 amide bonds. The molecule has 0 aliphatic carbocycles. The first-order chi connectivity index (χ1) is 10.0. The smallest absolute Gasteiger partial charge is 0.200 e. The van der Waals surface area contributed by atoms with Gasteiger partial charge in [-0.05, 0) is 62.2 Å². The largest absolute Gasteiger partial charge is 0.495 e. The van der Waals surface area contributed by atoms with Crippen LogP contribution in [0.1, 0.15) is 10.4 Å². The molecule has 0 bridgehead atoms. The first kappa shape index (κ1) is 16.3. The fraction of sp³-hybridized carbons (Fsp3) is 0.133. The Morgan fingerprint density at radius 2 is 1.86 bits per heavy atom. The van der Waals surface area contributed by atoms with Crippen molar-refractivity contribution < 1.29 is 14.3 Å². The van der Waals surface area contributed by atoms with Gasteiger partial charge in [0.05, 0.1) is 21.1 Å². The summed E-state index contributed by atoms with van der Waals surface area (Å²) in [5.41, 5.74) is 0.476. The van der Waals surface area contributed by atoms with E-state index in [2.05, 4.69) is 31.9 Å². The maximum atomic E-state index is 12.1. The third kappa shape index (κ3) is 3.99. The first-order valence-corrected chi connectivity index (χ1v) is 7.93. The van der Waals surface area contributed by atoms with Gasteiger partial charge in [-0.3, -0.25) is 4.79 Å². The Balaban J connectivity index is 2.10. The fourth-order valence-electron chi connectivity index (χ4n) is 1.68. The maximum absolute atomic E-state index is 12.1. The van der Waals surface area contributed by atoms with Crippen molar-refractivity contribution in [2.24, 2.45) is 0 Å². The molecule has 0 fully saturated rings. The minimum Gasteiger partial charge on any atom is -0.495 e. The van der Waals surface area contributed by atoms with E-state index in [1.807, 2.05) is 18.2 Å². The minimum atomic E-state index is -0.165. The van der Waals surface area contributed by atoms with E-state index in [0.717, 1.165) is 8.95 Å². The molecule has 2 aromatic carbocycles. The molecule has 0 radical (unpaired) electrons. The normalized spacial score (nSPS) is 10.3. The minimum absolute atomic E-state index is 0.0795. The van der Waals surface area contributed by atoms with Crippen LogP contribution >= 0.6 is 43.5 Å². The Labute approximate surface area is 144 Å². The van der Waals surface area contributed by atoms with Crippen LogP contribution in [0.5, 0.6) is 11.5 Å². The van der Waals surface area contributed by atoms with E-state index in [1.54, 1.807) is 18.2 Å². The average molecular weight is 435 g/mol. The summed E-state index contributed by atoms with van der Waals surface area (Å²) in [6.07, 6.45) is 0. The summed E-state index contributed by atoms with van der Waals surface area (Å²) >= 11 is 12.8. The molecular weight excluding hydrogens is 423 g/mol. The van der Waals surface area contributed by atoms with Crippen LogP contribution in [0.3, 0.4) is 0 Å². The van der Waals surface area contributed by atoms with E-state index < -0.39 is 0 Å². The molecule has 0 aliphatic heterocycles. The number of hydrogen-bond donors (Lipinski definition) is 0. The van der Waals surface area contributed by atoms with Crippen LogP contribution in [0.4, 0.5) is 0 Å². The molecule has 6 heteroatoms. The molecule has 3 nitrogen and oxygen atoms in total. The van der Waals surface area contributed by atoms with Crippen LogP contribution in [0.25, 0.3) is 0 Å². The lowest BCUT2D eigenvalue weighted by Gasteiger charge is -2.10. The van der Waals surface area contributed by atoms with Crippen molar-refractivity contribution in [1.82, 2.24) is 0 Å². The van der Waals surface area contributed by atoms with Gasteiger partial charge in [0, 0.05) is 5.56 Å². The zero-order valence-electron chi connectivity index (χ0n) is 11.0. The van der Waals surface area contributed by atoms with Gasteiger partial charge in [-0.1, -0.05) is 17.7 Å².